The lowest BCUT2D eigenvalue weighted by molar-refractivity contribution is 0.0584. The number of aldehydes is 1. The summed E-state index contributed by atoms with van der Waals surface area (Å²) in [5, 5.41) is 4.13. The third kappa shape index (κ3) is 3.93. The van der Waals surface area contributed by atoms with Crippen LogP contribution in [0.4, 0.5) is 0 Å². The maximum absolute atomic E-state index is 10.6. The Balaban J connectivity index is 1.87. The van der Waals surface area contributed by atoms with Crippen molar-refractivity contribution in [2.75, 3.05) is 13.7 Å². The van der Waals surface area contributed by atoms with E-state index in [2.05, 4.69) is 5.10 Å². The highest BCUT2D eigenvalue weighted by atomic mass is 16.5. The number of carbonyl (C=O) groups excluding carboxylic acids is 1. The first kappa shape index (κ1) is 14.3. The first-order valence-electron chi connectivity index (χ1n) is 6.39. The van der Waals surface area contributed by atoms with Crippen molar-refractivity contribution in [1.29, 1.82) is 0 Å². The van der Waals surface area contributed by atoms with Gasteiger partial charge in [-0.3, -0.25) is 9.48 Å². The molecule has 1 aromatic carbocycles. The van der Waals surface area contributed by atoms with Crippen LogP contribution in [-0.4, -0.2) is 35.9 Å². The van der Waals surface area contributed by atoms with Crippen molar-refractivity contribution in [2.45, 2.75) is 12.5 Å². The number of rotatable bonds is 7. The first-order chi connectivity index (χ1) is 9.71. The SMILES string of the molecule is COC(COc1ccc(C=O)cc1)Cc1cnn(C)c1. The Labute approximate surface area is 118 Å². The van der Waals surface area contributed by atoms with Gasteiger partial charge in [-0.25, -0.2) is 0 Å². The molecule has 0 saturated carbocycles. The zero-order valence-corrected chi connectivity index (χ0v) is 11.7. The Bertz CT molecular complexity index is 549. The molecule has 1 unspecified atom stereocenters. The number of methoxy groups -OCH3 is 1. The molecule has 20 heavy (non-hydrogen) atoms. The van der Waals surface area contributed by atoms with Gasteiger partial charge in [0.25, 0.3) is 0 Å². The summed E-state index contributed by atoms with van der Waals surface area (Å²) in [6.45, 7) is 0.450. The molecule has 0 bridgehead atoms. The number of hydrogen-bond donors (Lipinski definition) is 0. The Morgan fingerprint density at radius 1 is 1.35 bits per heavy atom. The lowest BCUT2D eigenvalue weighted by atomic mass is 10.1. The van der Waals surface area contributed by atoms with Crippen LogP contribution in [0.5, 0.6) is 5.75 Å². The Morgan fingerprint density at radius 2 is 2.10 bits per heavy atom. The van der Waals surface area contributed by atoms with Gasteiger partial charge in [-0.1, -0.05) is 0 Å². The lowest BCUT2D eigenvalue weighted by Gasteiger charge is -2.15. The molecule has 2 rings (SSSR count). The van der Waals surface area contributed by atoms with Gasteiger partial charge in [-0.2, -0.15) is 5.10 Å². The summed E-state index contributed by atoms with van der Waals surface area (Å²) in [7, 11) is 3.55. The molecule has 106 valence electrons. The standard InChI is InChI=1S/C15H18N2O3/c1-17-9-13(8-16-17)7-15(19-2)11-20-14-5-3-12(10-18)4-6-14/h3-6,8-10,15H,7,11H2,1-2H3. The predicted octanol–water partition coefficient (Wildman–Crippen LogP) is 1.87. The van der Waals surface area contributed by atoms with Gasteiger partial charge in [0.2, 0.25) is 0 Å². The molecule has 5 nitrogen and oxygen atoms in total. The van der Waals surface area contributed by atoms with Gasteiger partial charge in [0.15, 0.2) is 0 Å². The highest BCUT2D eigenvalue weighted by Gasteiger charge is 2.11. The predicted molar refractivity (Wildman–Crippen MR) is 75.0 cm³/mol. The third-order valence-corrected chi connectivity index (χ3v) is 3.01. The molecule has 5 heteroatoms. The van der Waals surface area contributed by atoms with E-state index < -0.39 is 0 Å². The van der Waals surface area contributed by atoms with Crippen molar-refractivity contribution in [3.8, 4) is 5.75 Å². The quantitative estimate of drug-likeness (QED) is 0.723. The van der Waals surface area contributed by atoms with Crippen LogP contribution in [0.3, 0.4) is 0 Å². The lowest BCUT2D eigenvalue weighted by Crippen LogP contribution is -2.22. The number of aryl methyl sites for hydroxylation is 1. The van der Waals surface area contributed by atoms with Crippen LogP contribution < -0.4 is 4.74 Å². The summed E-state index contributed by atoms with van der Waals surface area (Å²) < 4.78 is 12.8. The van der Waals surface area contributed by atoms with Crippen LogP contribution in [-0.2, 0) is 18.2 Å². The molecule has 0 spiro atoms. The highest BCUT2D eigenvalue weighted by molar-refractivity contribution is 5.74. The van der Waals surface area contributed by atoms with Gasteiger partial charge in [0.05, 0.1) is 12.3 Å². The van der Waals surface area contributed by atoms with Gasteiger partial charge in [-0.15, -0.1) is 0 Å². The highest BCUT2D eigenvalue weighted by Crippen LogP contribution is 2.13. The molecule has 0 aliphatic rings. The largest absolute Gasteiger partial charge is 0.491 e. The summed E-state index contributed by atoms with van der Waals surface area (Å²) in [5.74, 6) is 0.726. The van der Waals surface area contributed by atoms with E-state index in [1.165, 1.54) is 0 Å². The van der Waals surface area contributed by atoms with Crippen molar-refractivity contribution in [3.63, 3.8) is 0 Å². The maximum Gasteiger partial charge on any atom is 0.150 e. The number of ether oxygens (including phenoxy) is 2. The maximum atomic E-state index is 10.6. The minimum Gasteiger partial charge on any atom is -0.491 e. The minimum absolute atomic E-state index is 0.0371. The average Bonchev–Trinajstić information content (AvgIpc) is 2.89. The van der Waals surface area contributed by atoms with Crippen LogP contribution in [0.1, 0.15) is 15.9 Å². The number of aromatic nitrogens is 2. The van der Waals surface area contributed by atoms with Gasteiger partial charge in [0.1, 0.15) is 18.6 Å². The molecule has 0 N–H and O–H groups in total. The minimum atomic E-state index is -0.0371. The summed E-state index contributed by atoms with van der Waals surface area (Å²) >= 11 is 0. The molecular weight excluding hydrogens is 256 g/mol. The fourth-order valence-electron chi connectivity index (χ4n) is 1.88. The Morgan fingerprint density at radius 3 is 2.65 bits per heavy atom. The van der Waals surface area contributed by atoms with Crippen molar-refractivity contribution in [3.05, 3.63) is 47.8 Å². The molecule has 0 aliphatic heterocycles. The Hall–Kier alpha value is -2.14. The number of nitrogens with zero attached hydrogens (tertiary/aromatic N) is 2. The van der Waals surface area contributed by atoms with Gasteiger partial charge in [0, 0.05) is 32.3 Å². The summed E-state index contributed by atoms with van der Waals surface area (Å²) in [4.78, 5) is 10.6. The second-order valence-corrected chi connectivity index (χ2v) is 4.58. The summed E-state index contributed by atoms with van der Waals surface area (Å²) in [6, 6.07) is 7.01. The molecule has 0 aliphatic carbocycles. The molecule has 0 saturated heterocycles. The topological polar surface area (TPSA) is 53.4 Å². The van der Waals surface area contributed by atoms with Crippen molar-refractivity contribution in [2.24, 2.45) is 7.05 Å². The van der Waals surface area contributed by atoms with Gasteiger partial charge in [-0.05, 0) is 29.8 Å². The van der Waals surface area contributed by atoms with Crippen molar-refractivity contribution >= 4 is 6.29 Å². The third-order valence-electron chi connectivity index (χ3n) is 3.01. The normalized spacial score (nSPS) is 12.1. The number of hydrogen-bond acceptors (Lipinski definition) is 4. The van der Waals surface area contributed by atoms with Crippen molar-refractivity contribution < 1.29 is 14.3 Å². The van der Waals surface area contributed by atoms with E-state index in [1.54, 1.807) is 36.1 Å². The van der Waals surface area contributed by atoms with E-state index in [4.69, 9.17) is 9.47 Å². The van der Waals surface area contributed by atoms with Crippen LogP contribution in [0.2, 0.25) is 0 Å². The number of carbonyl (C=O) groups is 1. The fourth-order valence-corrected chi connectivity index (χ4v) is 1.88. The van der Waals surface area contributed by atoms with E-state index in [0.29, 0.717) is 12.2 Å². The molecule has 1 atom stereocenters. The fraction of sp³-hybridized carbons (Fsp3) is 0.333. The zero-order chi connectivity index (χ0) is 14.4. The van der Waals surface area contributed by atoms with Crippen LogP contribution >= 0.6 is 0 Å². The smallest absolute Gasteiger partial charge is 0.150 e. The molecule has 1 aromatic heterocycles. The zero-order valence-electron chi connectivity index (χ0n) is 11.7. The monoisotopic (exact) mass is 274 g/mol. The molecule has 0 fully saturated rings. The van der Waals surface area contributed by atoms with Crippen LogP contribution in [0.15, 0.2) is 36.7 Å². The summed E-state index contributed by atoms with van der Waals surface area (Å²) in [6.07, 6.45) is 5.31. The van der Waals surface area contributed by atoms with Gasteiger partial charge < -0.3 is 9.47 Å². The molecule has 2 aromatic rings. The molecule has 0 radical (unpaired) electrons. The Kier molecular flexibility index (Phi) is 4.90. The van der Waals surface area contributed by atoms with E-state index in [1.807, 2.05) is 19.4 Å². The van der Waals surface area contributed by atoms with Crippen LogP contribution in [0.25, 0.3) is 0 Å². The van der Waals surface area contributed by atoms with E-state index in [9.17, 15) is 4.79 Å². The summed E-state index contributed by atoms with van der Waals surface area (Å²) in [5.41, 5.74) is 1.75. The van der Waals surface area contributed by atoms with E-state index >= 15 is 0 Å². The molecule has 0 amide bonds. The second kappa shape index (κ2) is 6.86. The van der Waals surface area contributed by atoms with Crippen LogP contribution in [0, 0.1) is 0 Å². The molecule has 1 heterocycles. The first-order valence-corrected chi connectivity index (χ1v) is 6.39. The second-order valence-electron chi connectivity index (χ2n) is 4.58. The van der Waals surface area contributed by atoms with Gasteiger partial charge >= 0.3 is 0 Å². The average molecular weight is 274 g/mol. The number of benzene rings is 1. The van der Waals surface area contributed by atoms with E-state index in [-0.39, 0.29) is 6.10 Å². The van der Waals surface area contributed by atoms with E-state index in [0.717, 1.165) is 24.0 Å². The van der Waals surface area contributed by atoms with Crippen molar-refractivity contribution in [1.82, 2.24) is 9.78 Å². The molecular formula is C15H18N2O3.